The Morgan fingerprint density at radius 3 is 2.51 bits per heavy atom. The number of fused-ring (bicyclic) bond motifs is 3. The van der Waals surface area contributed by atoms with Gasteiger partial charge in [-0.3, -0.25) is 19.5 Å². The summed E-state index contributed by atoms with van der Waals surface area (Å²) in [6.07, 6.45) is -1.20. The number of benzene rings is 2. The van der Waals surface area contributed by atoms with Crippen molar-refractivity contribution in [2.75, 3.05) is 20.7 Å². The fourth-order valence-corrected chi connectivity index (χ4v) is 4.21. The first-order valence-electron chi connectivity index (χ1n) is 10.4. The van der Waals surface area contributed by atoms with Crippen molar-refractivity contribution >= 4 is 46.4 Å². The van der Waals surface area contributed by atoms with E-state index in [-0.39, 0.29) is 18.3 Å². The fourth-order valence-electron chi connectivity index (χ4n) is 3.88. The molecular formula is C24H22F3N5O2S. The molecule has 0 aliphatic carbocycles. The van der Waals surface area contributed by atoms with Crippen molar-refractivity contribution in [2.45, 2.75) is 6.18 Å². The Kier molecular flexibility index (Phi) is 6.37. The molecule has 0 atom stereocenters. The molecule has 2 aromatic heterocycles. The Labute approximate surface area is 204 Å². The maximum Gasteiger partial charge on any atom is 0.416 e. The van der Waals surface area contributed by atoms with Crippen LogP contribution >= 0.6 is 12.6 Å². The average Bonchev–Trinajstić information content (AvgIpc) is 3.32. The number of carbonyl (C=O) groups is 1. The van der Waals surface area contributed by atoms with Gasteiger partial charge in [0.15, 0.2) is 5.65 Å². The summed E-state index contributed by atoms with van der Waals surface area (Å²) in [6.45, 7) is 0.181. The minimum absolute atomic E-state index is 0.0687. The highest BCUT2D eigenvalue weighted by molar-refractivity contribution is 7.84. The Balaban J connectivity index is 1.75. The molecule has 0 spiro atoms. The second-order valence-corrected chi connectivity index (χ2v) is 8.59. The number of hydrogen-bond acceptors (Lipinski definition) is 5. The number of rotatable bonds is 5. The summed E-state index contributed by atoms with van der Waals surface area (Å²) in [4.78, 5) is 15.0. The lowest BCUT2D eigenvalue weighted by molar-refractivity contribution is -0.137. The number of alkyl halides is 3. The van der Waals surface area contributed by atoms with Gasteiger partial charge in [0.2, 0.25) is 5.90 Å². The Bertz CT molecular complexity index is 1470. The normalized spacial score (nSPS) is 12.4. The maximum atomic E-state index is 13.1. The van der Waals surface area contributed by atoms with E-state index < -0.39 is 11.7 Å². The van der Waals surface area contributed by atoms with Gasteiger partial charge in [0.1, 0.15) is 0 Å². The third-order valence-corrected chi connectivity index (χ3v) is 5.78. The highest BCUT2D eigenvalue weighted by atomic mass is 32.1. The summed E-state index contributed by atoms with van der Waals surface area (Å²) in [5.74, 6) is -0.323. The predicted molar refractivity (Wildman–Crippen MR) is 131 cm³/mol. The second kappa shape index (κ2) is 9.14. The number of carbonyl (C=O) groups excluding carboxylic acids is 1. The van der Waals surface area contributed by atoms with E-state index in [0.717, 1.165) is 22.9 Å². The van der Waals surface area contributed by atoms with E-state index in [1.807, 2.05) is 0 Å². The zero-order valence-corrected chi connectivity index (χ0v) is 20.0. The summed E-state index contributed by atoms with van der Waals surface area (Å²) >= 11 is 4.31. The van der Waals surface area contributed by atoms with Gasteiger partial charge in [-0.1, -0.05) is 0 Å². The largest absolute Gasteiger partial charge is 0.481 e. The lowest BCUT2D eigenvalue weighted by atomic mass is 10.1. The maximum absolute atomic E-state index is 13.1. The zero-order chi connectivity index (χ0) is 25.5. The molecule has 0 saturated heterocycles. The standard InChI is InChI=1S/C24H22F3N5O2S/c1-30(12-17(35)11-21(28)34-3)23(33)14-4-9-20-18(10-14)19-13-31(2)29-22(19)32(20)16-7-5-15(6-8-16)24(25,26)27/h4-11,13,28,35H,12H2,1-3H3/b17-11-,28-21?. The highest BCUT2D eigenvalue weighted by Gasteiger charge is 2.30. The molecule has 0 saturated carbocycles. The Morgan fingerprint density at radius 2 is 1.89 bits per heavy atom. The van der Waals surface area contributed by atoms with Gasteiger partial charge < -0.3 is 9.64 Å². The van der Waals surface area contributed by atoms with Gasteiger partial charge in [-0.05, 0) is 42.5 Å². The molecule has 0 unspecified atom stereocenters. The highest BCUT2D eigenvalue weighted by Crippen LogP contribution is 2.34. The van der Waals surface area contributed by atoms with Crippen molar-refractivity contribution in [1.29, 1.82) is 5.41 Å². The van der Waals surface area contributed by atoms with E-state index in [1.165, 1.54) is 30.2 Å². The van der Waals surface area contributed by atoms with Crippen LogP contribution in [-0.2, 0) is 18.0 Å². The van der Waals surface area contributed by atoms with Crippen LogP contribution in [0.2, 0.25) is 0 Å². The van der Waals surface area contributed by atoms with Crippen LogP contribution in [0.5, 0.6) is 0 Å². The number of aryl methyl sites for hydroxylation is 1. The number of halogens is 3. The first-order chi connectivity index (χ1) is 16.5. The zero-order valence-electron chi connectivity index (χ0n) is 19.1. The van der Waals surface area contributed by atoms with Crippen molar-refractivity contribution in [3.05, 3.63) is 70.8 Å². The monoisotopic (exact) mass is 501 g/mol. The number of thiol groups is 1. The van der Waals surface area contributed by atoms with E-state index in [9.17, 15) is 18.0 Å². The first kappa shape index (κ1) is 24.4. The number of amides is 1. The molecule has 1 N–H and O–H groups in total. The molecule has 1 amide bonds. The van der Waals surface area contributed by atoms with Crippen molar-refractivity contribution < 1.29 is 22.7 Å². The van der Waals surface area contributed by atoms with Crippen LogP contribution in [0, 0.1) is 5.41 Å². The van der Waals surface area contributed by atoms with Gasteiger partial charge in [-0.25, -0.2) is 0 Å². The van der Waals surface area contributed by atoms with Gasteiger partial charge in [0.25, 0.3) is 5.91 Å². The van der Waals surface area contributed by atoms with Gasteiger partial charge >= 0.3 is 6.18 Å². The molecule has 0 radical (unpaired) electrons. The predicted octanol–water partition coefficient (Wildman–Crippen LogP) is 5.05. The number of aromatic nitrogens is 3. The topological polar surface area (TPSA) is 76.1 Å². The molecule has 7 nitrogen and oxygen atoms in total. The number of likely N-dealkylation sites (N-methyl/N-ethyl adjacent to an activating group) is 1. The van der Waals surface area contributed by atoms with Crippen LogP contribution in [0.3, 0.4) is 0 Å². The van der Waals surface area contributed by atoms with E-state index in [1.54, 1.807) is 47.7 Å². The summed E-state index contributed by atoms with van der Waals surface area (Å²) in [6, 6.07) is 10.1. The summed E-state index contributed by atoms with van der Waals surface area (Å²) < 4.78 is 47.3. The summed E-state index contributed by atoms with van der Waals surface area (Å²) in [5.41, 5.74) is 1.50. The number of nitrogens with zero attached hydrogens (tertiary/aromatic N) is 4. The lowest BCUT2D eigenvalue weighted by Gasteiger charge is -2.17. The van der Waals surface area contributed by atoms with Crippen LogP contribution in [0.25, 0.3) is 27.6 Å². The molecule has 35 heavy (non-hydrogen) atoms. The second-order valence-electron chi connectivity index (χ2n) is 8.02. The number of hydrogen-bond donors (Lipinski definition) is 2. The molecule has 2 heterocycles. The molecule has 4 rings (SSSR count). The van der Waals surface area contributed by atoms with Gasteiger partial charge in [-0.2, -0.15) is 18.3 Å². The first-order valence-corrected chi connectivity index (χ1v) is 10.9. The number of methoxy groups -OCH3 is 1. The van der Waals surface area contributed by atoms with Crippen molar-refractivity contribution in [3.8, 4) is 5.69 Å². The van der Waals surface area contributed by atoms with E-state index in [2.05, 4.69) is 17.7 Å². The van der Waals surface area contributed by atoms with Gasteiger partial charge in [-0.15, -0.1) is 12.6 Å². The SMILES string of the molecule is COC(=N)/C=C(\S)CN(C)C(=O)c1ccc2c(c1)c1cn(C)nc1n2-c1ccc(C(F)(F)F)cc1. The van der Waals surface area contributed by atoms with Gasteiger partial charge in [0.05, 0.1) is 24.7 Å². The Hall–Kier alpha value is -3.73. The fraction of sp³-hybridized carbons (Fsp3) is 0.208. The molecule has 0 bridgehead atoms. The van der Waals surface area contributed by atoms with Crippen LogP contribution in [0.15, 0.2) is 59.6 Å². The molecule has 4 aromatic rings. The van der Waals surface area contributed by atoms with Crippen LogP contribution in [-0.4, -0.2) is 51.8 Å². The molecular weight excluding hydrogens is 479 g/mol. The van der Waals surface area contributed by atoms with Crippen LogP contribution in [0.4, 0.5) is 13.2 Å². The van der Waals surface area contributed by atoms with Crippen LogP contribution in [0.1, 0.15) is 15.9 Å². The molecule has 182 valence electrons. The van der Waals surface area contributed by atoms with Crippen molar-refractivity contribution in [2.24, 2.45) is 7.05 Å². The number of nitrogens with one attached hydrogen (secondary N) is 1. The molecule has 2 aromatic carbocycles. The van der Waals surface area contributed by atoms with Crippen LogP contribution < -0.4 is 0 Å². The molecule has 0 aliphatic rings. The quantitative estimate of drug-likeness (QED) is 0.228. The third-order valence-electron chi connectivity index (χ3n) is 5.51. The lowest BCUT2D eigenvalue weighted by Crippen LogP contribution is -2.28. The molecule has 0 aliphatic heterocycles. The molecule has 11 heteroatoms. The number of ether oxygens (including phenoxy) is 1. The minimum atomic E-state index is -4.43. The minimum Gasteiger partial charge on any atom is -0.481 e. The Morgan fingerprint density at radius 1 is 1.20 bits per heavy atom. The van der Waals surface area contributed by atoms with Crippen molar-refractivity contribution in [3.63, 3.8) is 0 Å². The van der Waals surface area contributed by atoms with Crippen molar-refractivity contribution in [1.82, 2.24) is 19.2 Å². The van der Waals surface area contributed by atoms with E-state index in [4.69, 9.17) is 10.1 Å². The summed E-state index contributed by atoms with van der Waals surface area (Å²) in [5, 5.41) is 13.6. The van der Waals surface area contributed by atoms with E-state index >= 15 is 0 Å². The average molecular weight is 502 g/mol. The smallest absolute Gasteiger partial charge is 0.416 e. The van der Waals surface area contributed by atoms with E-state index in [0.29, 0.717) is 27.3 Å². The molecule has 0 fully saturated rings. The summed E-state index contributed by atoms with van der Waals surface area (Å²) in [7, 11) is 4.75. The third kappa shape index (κ3) is 4.76. The van der Waals surface area contributed by atoms with Gasteiger partial charge in [0, 0.05) is 53.3 Å².